The van der Waals surface area contributed by atoms with Gasteiger partial charge in [-0.05, 0) is 46.1 Å². The summed E-state index contributed by atoms with van der Waals surface area (Å²) in [6.45, 7) is 8.28. The van der Waals surface area contributed by atoms with Crippen LogP contribution < -0.4 is 5.73 Å². The van der Waals surface area contributed by atoms with Gasteiger partial charge in [0.05, 0.1) is 5.41 Å². The molecule has 2 atom stereocenters. The van der Waals surface area contributed by atoms with E-state index in [0.29, 0.717) is 18.4 Å². The number of hydrogen-bond acceptors (Lipinski definition) is 2. The van der Waals surface area contributed by atoms with E-state index in [9.17, 15) is 4.79 Å². The van der Waals surface area contributed by atoms with Crippen LogP contribution in [0.5, 0.6) is 0 Å². The molecule has 2 N–H and O–H groups in total. The zero-order valence-electron chi connectivity index (χ0n) is 10.7. The quantitative estimate of drug-likeness (QED) is 0.699. The zero-order chi connectivity index (χ0) is 12.2. The van der Waals surface area contributed by atoms with Gasteiger partial charge in [-0.1, -0.05) is 12.2 Å². The first-order valence-electron chi connectivity index (χ1n) is 6.26. The van der Waals surface area contributed by atoms with Gasteiger partial charge in [0.15, 0.2) is 0 Å². The van der Waals surface area contributed by atoms with Crippen molar-refractivity contribution in [3.8, 4) is 0 Å². The van der Waals surface area contributed by atoms with Crippen molar-refractivity contribution >= 4 is 5.91 Å². The standard InChI is InChI=1S/C13H24N2O/c1-4-7-8-13(9-11(13)10-14)12(16)15(5-2)6-3/h4,7,11H,5-6,8-10,14H2,1-3H3/b7-4-/t11-,13+/m1/s1. The van der Waals surface area contributed by atoms with Crippen LogP contribution in [-0.2, 0) is 4.79 Å². The number of carbonyl (C=O) groups is 1. The third-order valence-electron chi connectivity index (χ3n) is 3.71. The molecule has 3 nitrogen and oxygen atoms in total. The van der Waals surface area contributed by atoms with E-state index in [-0.39, 0.29) is 5.41 Å². The number of rotatable bonds is 6. The molecule has 0 aromatic carbocycles. The molecule has 0 spiro atoms. The fourth-order valence-corrected chi connectivity index (χ4v) is 2.44. The van der Waals surface area contributed by atoms with Gasteiger partial charge in [0.1, 0.15) is 0 Å². The van der Waals surface area contributed by atoms with Crippen molar-refractivity contribution in [1.29, 1.82) is 0 Å². The lowest BCUT2D eigenvalue weighted by molar-refractivity contribution is -0.137. The molecule has 0 radical (unpaired) electrons. The number of amides is 1. The van der Waals surface area contributed by atoms with E-state index < -0.39 is 0 Å². The Morgan fingerprint density at radius 1 is 1.50 bits per heavy atom. The second kappa shape index (κ2) is 5.48. The summed E-state index contributed by atoms with van der Waals surface area (Å²) in [5, 5.41) is 0. The summed E-state index contributed by atoms with van der Waals surface area (Å²) in [5.41, 5.74) is 5.53. The van der Waals surface area contributed by atoms with Crippen LogP contribution in [0.1, 0.15) is 33.6 Å². The minimum atomic E-state index is -0.173. The molecule has 0 aromatic heterocycles. The van der Waals surface area contributed by atoms with Gasteiger partial charge >= 0.3 is 0 Å². The normalized spacial score (nSPS) is 28.4. The Hall–Kier alpha value is -0.830. The van der Waals surface area contributed by atoms with Gasteiger partial charge in [-0.25, -0.2) is 0 Å². The van der Waals surface area contributed by atoms with Crippen molar-refractivity contribution in [2.75, 3.05) is 19.6 Å². The molecule has 1 saturated carbocycles. The Morgan fingerprint density at radius 3 is 2.50 bits per heavy atom. The summed E-state index contributed by atoms with van der Waals surface area (Å²) in [7, 11) is 0. The minimum Gasteiger partial charge on any atom is -0.343 e. The fourth-order valence-electron chi connectivity index (χ4n) is 2.44. The van der Waals surface area contributed by atoms with Crippen LogP contribution in [0.15, 0.2) is 12.2 Å². The molecule has 0 aliphatic heterocycles. The van der Waals surface area contributed by atoms with Crippen molar-refractivity contribution in [3.05, 3.63) is 12.2 Å². The zero-order valence-corrected chi connectivity index (χ0v) is 10.7. The van der Waals surface area contributed by atoms with Gasteiger partial charge in [-0.2, -0.15) is 0 Å². The predicted octanol–water partition coefficient (Wildman–Crippen LogP) is 1.79. The maximum absolute atomic E-state index is 12.4. The van der Waals surface area contributed by atoms with Crippen LogP contribution in [0.25, 0.3) is 0 Å². The highest BCUT2D eigenvalue weighted by molar-refractivity contribution is 5.86. The summed E-state index contributed by atoms with van der Waals surface area (Å²) < 4.78 is 0. The van der Waals surface area contributed by atoms with Crippen molar-refractivity contribution in [2.45, 2.75) is 33.6 Å². The summed E-state index contributed by atoms with van der Waals surface area (Å²) in [4.78, 5) is 14.3. The van der Waals surface area contributed by atoms with Gasteiger partial charge in [-0.3, -0.25) is 4.79 Å². The monoisotopic (exact) mass is 224 g/mol. The SMILES string of the molecule is C/C=C\C[C@]1(C(=O)N(CC)CC)C[C@@H]1CN. The highest BCUT2D eigenvalue weighted by Gasteiger charge is 2.58. The topological polar surface area (TPSA) is 46.3 Å². The third kappa shape index (κ3) is 2.29. The lowest BCUT2D eigenvalue weighted by atomic mass is 9.96. The Labute approximate surface area is 98.7 Å². The van der Waals surface area contributed by atoms with E-state index in [0.717, 1.165) is 25.9 Å². The summed E-state index contributed by atoms with van der Waals surface area (Å²) in [6, 6.07) is 0. The van der Waals surface area contributed by atoms with Crippen LogP contribution >= 0.6 is 0 Å². The average Bonchev–Trinajstić information content (AvgIpc) is 3.03. The van der Waals surface area contributed by atoms with Crippen LogP contribution in [0.4, 0.5) is 0 Å². The van der Waals surface area contributed by atoms with Gasteiger partial charge in [-0.15, -0.1) is 0 Å². The number of nitrogens with two attached hydrogens (primary N) is 1. The highest BCUT2D eigenvalue weighted by Crippen LogP contribution is 2.56. The van der Waals surface area contributed by atoms with Gasteiger partial charge in [0, 0.05) is 13.1 Å². The van der Waals surface area contributed by atoms with E-state index in [1.165, 1.54) is 0 Å². The second-order valence-corrected chi connectivity index (χ2v) is 4.54. The first-order valence-corrected chi connectivity index (χ1v) is 6.26. The predicted molar refractivity (Wildman–Crippen MR) is 67.0 cm³/mol. The van der Waals surface area contributed by atoms with Crippen LogP contribution in [0.3, 0.4) is 0 Å². The molecule has 1 rings (SSSR count). The molecule has 3 heteroatoms. The van der Waals surface area contributed by atoms with Crippen LogP contribution in [0, 0.1) is 11.3 Å². The lowest BCUT2D eigenvalue weighted by Gasteiger charge is -2.25. The molecule has 0 heterocycles. The average molecular weight is 224 g/mol. The first-order chi connectivity index (χ1) is 7.66. The Morgan fingerprint density at radius 2 is 2.12 bits per heavy atom. The van der Waals surface area contributed by atoms with Gasteiger partial charge in [0.2, 0.25) is 5.91 Å². The number of nitrogens with zero attached hydrogens (tertiary/aromatic N) is 1. The van der Waals surface area contributed by atoms with Crippen LogP contribution in [0.2, 0.25) is 0 Å². The first kappa shape index (κ1) is 13.2. The van der Waals surface area contributed by atoms with Crippen molar-refractivity contribution < 1.29 is 4.79 Å². The Kier molecular flexibility index (Phi) is 4.54. The molecule has 1 aliphatic carbocycles. The Bertz CT molecular complexity index is 271. The molecular weight excluding hydrogens is 200 g/mol. The molecule has 0 saturated heterocycles. The smallest absolute Gasteiger partial charge is 0.229 e. The highest BCUT2D eigenvalue weighted by atomic mass is 16.2. The van der Waals surface area contributed by atoms with Crippen molar-refractivity contribution in [3.63, 3.8) is 0 Å². The molecule has 0 unspecified atom stereocenters. The molecule has 1 aliphatic rings. The van der Waals surface area contributed by atoms with E-state index in [4.69, 9.17) is 5.73 Å². The van der Waals surface area contributed by atoms with Crippen LogP contribution in [-0.4, -0.2) is 30.4 Å². The molecule has 16 heavy (non-hydrogen) atoms. The second-order valence-electron chi connectivity index (χ2n) is 4.54. The largest absolute Gasteiger partial charge is 0.343 e. The van der Waals surface area contributed by atoms with Crippen molar-refractivity contribution in [1.82, 2.24) is 4.90 Å². The van der Waals surface area contributed by atoms with E-state index in [2.05, 4.69) is 6.08 Å². The maximum Gasteiger partial charge on any atom is 0.229 e. The maximum atomic E-state index is 12.4. The summed E-state index contributed by atoms with van der Waals surface area (Å²) in [6.07, 6.45) is 5.92. The van der Waals surface area contributed by atoms with E-state index in [1.54, 1.807) is 0 Å². The lowest BCUT2D eigenvalue weighted by Crippen LogP contribution is -2.38. The molecule has 0 bridgehead atoms. The molecule has 1 amide bonds. The van der Waals surface area contributed by atoms with E-state index in [1.807, 2.05) is 31.7 Å². The number of allylic oxidation sites excluding steroid dienone is 2. The van der Waals surface area contributed by atoms with E-state index >= 15 is 0 Å². The minimum absolute atomic E-state index is 0.173. The summed E-state index contributed by atoms with van der Waals surface area (Å²) >= 11 is 0. The fraction of sp³-hybridized carbons (Fsp3) is 0.769. The third-order valence-corrected chi connectivity index (χ3v) is 3.71. The molecule has 92 valence electrons. The summed E-state index contributed by atoms with van der Waals surface area (Å²) in [5.74, 6) is 0.683. The van der Waals surface area contributed by atoms with Crippen molar-refractivity contribution in [2.24, 2.45) is 17.1 Å². The Balaban J connectivity index is 2.75. The number of carbonyl (C=O) groups excluding carboxylic acids is 1. The number of hydrogen-bond donors (Lipinski definition) is 1. The van der Waals surface area contributed by atoms with Gasteiger partial charge < -0.3 is 10.6 Å². The molecule has 0 aromatic rings. The van der Waals surface area contributed by atoms with Gasteiger partial charge in [0.25, 0.3) is 0 Å². The molecule has 1 fully saturated rings. The molecular formula is C13H24N2O.